The smallest absolute Gasteiger partial charge is 0.0577 e. The van der Waals surface area contributed by atoms with Crippen LogP contribution in [0, 0.1) is 17.3 Å². The van der Waals surface area contributed by atoms with Crippen molar-refractivity contribution in [2.45, 2.75) is 52.1 Å². The molecule has 3 aliphatic carbocycles. The zero-order valence-electron chi connectivity index (χ0n) is 9.21. The summed E-state index contributed by atoms with van der Waals surface area (Å²) in [7, 11) is 0. The number of hydrogen-bond donors (Lipinski definition) is 1. The van der Waals surface area contributed by atoms with Crippen molar-refractivity contribution in [3.05, 3.63) is 11.1 Å². The summed E-state index contributed by atoms with van der Waals surface area (Å²) in [6.45, 7) is 4.76. The second kappa shape index (κ2) is 2.63. The lowest BCUT2D eigenvalue weighted by molar-refractivity contribution is 0.125. The zero-order valence-corrected chi connectivity index (χ0v) is 9.21. The number of hydrogen-bond acceptors (Lipinski definition) is 1. The van der Waals surface area contributed by atoms with E-state index in [4.69, 9.17) is 0 Å². The van der Waals surface area contributed by atoms with Crippen molar-refractivity contribution in [3.8, 4) is 0 Å². The quantitative estimate of drug-likeness (QED) is 0.585. The van der Waals surface area contributed by atoms with Gasteiger partial charge >= 0.3 is 0 Å². The number of rotatable bonds is 0. The van der Waals surface area contributed by atoms with Crippen molar-refractivity contribution in [1.29, 1.82) is 0 Å². The molecule has 1 fully saturated rings. The minimum Gasteiger partial charge on any atom is -0.393 e. The van der Waals surface area contributed by atoms with E-state index in [0.717, 1.165) is 12.3 Å². The van der Waals surface area contributed by atoms with Crippen molar-refractivity contribution < 1.29 is 5.11 Å². The Kier molecular flexibility index (Phi) is 1.69. The summed E-state index contributed by atoms with van der Waals surface area (Å²) in [5.41, 5.74) is 3.98. The van der Waals surface area contributed by atoms with Gasteiger partial charge in [-0.2, -0.15) is 0 Å². The second-order valence-electron chi connectivity index (χ2n) is 6.27. The molecule has 0 saturated heterocycles. The Morgan fingerprint density at radius 1 is 1.21 bits per heavy atom. The highest BCUT2D eigenvalue weighted by Gasteiger charge is 2.47. The summed E-state index contributed by atoms with van der Waals surface area (Å²) in [5, 5.41) is 9.86. The van der Waals surface area contributed by atoms with Gasteiger partial charge in [-0.3, -0.25) is 0 Å². The van der Waals surface area contributed by atoms with Gasteiger partial charge in [-0.25, -0.2) is 0 Å². The fourth-order valence-electron chi connectivity index (χ4n) is 4.03. The Morgan fingerprint density at radius 2 is 2.00 bits per heavy atom. The van der Waals surface area contributed by atoms with Crippen LogP contribution in [0.2, 0.25) is 0 Å². The van der Waals surface area contributed by atoms with Crippen LogP contribution in [-0.2, 0) is 0 Å². The molecular formula is C13H20O. The molecule has 3 aliphatic rings. The molecule has 0 aliphatic heterocycles. The maximum atomic E-state index is 9.86. The predicted molar refractivity (Wildman–Crippen MR) is 56.9 cm³/mol. The minimum absolute atomic E-state index is 0.00807. The first-order valence-corrected chi connectivity index (χ1v) is 5.96. The van der Waals surface area contributed by atoms with Gasteiger partial charge in [-0.05, 0) is 49.4 Å². The number of aliphatic hydroxyl groups is 1. The highest BCUT2D eigenvalue weighted by molar-refractivity contribution is 5.33. The van der Waals surface area contributed by atoms with Gasteiger partial charge in [-0.15, -0.1) is 0 Å². The average Bonchev–Trinajstić information content (AvgIpc) is 2.63. The van der Waals surface area contributed by atoms with Crippen molar-refractivity contribution in [1.82, 2.24) is 0 Å². The van der Waals surface area contributed by atoms with E-state index in [1.54, 1.807) is 11.1 Å². The maximum Gasteiger partial charge on any atom is 0.0577 e. The van der Waals surface area contributed by atoms with Gasteiger partial charge in [0.15, 0.2) is 0 Å². The van der Waals surface area contributed by atoms with Crippen LogP contribution >= 0.6 is 0 Å². The van der Waals surface area contributed by atoms with Gasteiger partial charge in [0, 0.05) is 0 Å². The summed E-state index contributed by atoms with van der Waals surface area (Å²) < 4.78 is 0. The third-order valence-corrected chi connectivity index (χ3v) is 4.53. The van der Waals surface area contributed by atoms with Crippen molar-refractivity contribution >= 4 is 0 Å². The van der Waals surface area contributed by atoms with Crippen LogP contribution in [0.1, 0.15) is 46.0 Å². The molecule has 3 atom stereocenters. The first-order valence-electron chi connectivity index (χ1n) is 5.96. The first-order chi connectivity index (χ1) is 6.57. The lowest BCUT2D eigenvalue weighted by atomic mass is 9.82. The molecule has 0 aromatic carbocycles. The number of allylic oxidation sites excluding steroid dienone is 2. The highest BCUT2D eigenvalue weighted by atomic mass is 16.3. The molecule has 0 spiro atoms. The van der Waals surface area contributed by atoms with E-state index in [9.17, 15) is 5.11 Å². The fraction of sp³-hybridized carbons (Fsp3) is 0.846. The lowest BCUT2D eigenvalue weighted by Gasteiger charge is -2.24. The molecule has 0 bridgehead atoms. The number of aliphatic hydroxyl groups excluding tert-OH is 1. The molecule has 14 heavy (non-hydrogen) atoms. The Balaban J connectivity index is 1.86. The van der Waals surface area contributed by atoms with Crippen LogP contribution < -0.4 is 0 Å². The molecule has 0 unspecified atom stereocenters. The molecule has 0 aromatic heterocycles. The van der Waals surface area contributed by atoms with Crippen LogP contribution in [-0.4, -0.2) is 11.2 Å². The monoisotopic (exact) mass is 192 g/mol. The Hall–Kier alpha value is -0.300. The minimum atomic E-state index is 0.00807. The molecule has 1 nitrogen and oxygen atoms in total. The molecular weight excluding hydrogens is 172 g/mol. The first kappa shape index (κ1) is 8.96. The van der Waals surface area contributed by atoms with Gasteiger partial charge < -0.3 is 5.11 Å². The fourth-order valence-corrected chi connectivity index (χ4v) is 4.03. The van der Waals surface area contributed by atoms with E-state index in [1.807, 2.05) is 0 Å². The lowest BCUT2D eigenvalue weighted by Crippen LogP contribution is -2.18. The summed E-state index contributed by atoms with van der Waals surface area (Å²) >= 11 is 0. The summed E-state index contributed by atoms with van der Waals surface area (Å²) in [4.78, 5) is 0. The van der Waals surface area contributed by atoms with E-state index in [0.29, 0.717) is 11.3 Å². The highest BCUT2D eigenvalue weighted by Crippen LogP contribution is 2.57. The molecule has 1 heteroatoms. The van der Waals surface area contributed by atoms with Gasteiger partial charge in [-0.1, -0.05) is 25.0 Å². The third kappa shape index (κ3) is 1.11. The van der Waals surface area contributed by atoms with Crippen molar-refractivity contribution in [3.63, 3.8) is 0 Å². The third-order valence-electron chi connectivity index (χ3n) is 4.53. The van der Waals surface area contributed by atoms with E-state index in [1.165, 1.54) is 25.7 Å². The van der Waals surface area contributed by atoms with Crippen LogP contribution in [0.15, 0.2) is 11.1 Å². The van der Waals surface area contributed by atoms with E-state index in [-0.39, 0.29) is 6.10 Å². The zero-order chi connectivity index (χ0) is 9.92. The second-order valence-corrected chi connectivity index (χ2v) is 6.27. The van der Waals surface area contributed by atoms with E-state index in [2.05, 4.69) is 13.8 Å². The van der Waals surface area contributed by atoms with Gasteiger partial charge in [0.2, 0.25) is 0 Å². The van der Waals surface area contributed by atoms with Crippen LogP contribution in [0.25, 0.3) is 0 Å². The normalized spacial score (nSPS) is 44.4. The molecule has 78 valence electrons. The Labute approximate surface area is 86.2 Å². The number of fused-ring (bicyclic) bond motifs is 2. The van der Waals surface area contributed by atoms with Crippen molar-refractivity contribution in [2.24, 2.45) is 17.3 Å². The van der Waals surface area contributed by atoms with Gasteiger partial charge in [0.1, 0.15) is 0 Å². The summed E-state index contributed by atoms with van der Waals surface area (Å²) in [6.07, 6.45) is 6.12. The van der Waals surface area contributed by atoms with E-state index >= 15 is 0 Å². The van der Waals surface area contributed by atoms with Crippen LogP contribution in [0.4, 0.5) is 0 Å². The molecule has 0 heterocycles. The predicted octanol–water partition coefficient (Wildman–Crippen LogP) is 2.89. The van der Waals surface area contributed by atoms with Crippen LogP contribution in [0.5, 0.6) is 0 Å². The Morgan fingerprint density at radius 3 is 2.79 bits per heavy atom. The van der Waals surface area contributed by atoms with Crippen LogP contribution in [0.3, 0.4) is 0 Å². The molecule has 0 radical (unpaired) electrons. The summed E-state index contributed by atoms with van der Waals surface area (Å²) in [5.74, 6) is 1.37. The average molecular weight is 192 g/mol. The molecule has 0 aromatic rings. The summed E-state index contributed by atoms with van der Waals surface area (Å²) in [6, 6.07) is 0. The van der Waals surface area contributed by atoms with Gasteiger partial charge in [0.25, 0.3) is 0 Å². The van der Waals surface area contributed by atoms with E-state index < -0.39 is 0 Å². The Bertz CT molecular complexity index is 300. The molecule has 1 saturated carbocycles. The molecule has 1 N–H and O–H groups in total. The van der Waals surface area contributed by atoms with Crippen molar-refractivity contribution in [2.75, 3.05) is 0 Å². The maximum absolute atomic E-state index is 9.86. The molecule has 3 rings (SSSR count). The largest absolute Gasteiger partial charge is 0.393 e. The molecule has 0 amide bonds. The standard InChI is InChI=1S/C13H20O/c1-13(2)6-8-5-10-9(11(8)7-13)3-4-12(10)14/h9-10,12,14H,3-7H2,1-2H3/t9-,10-,12-/m0/s1. The SMILES string of the molecule is CC1(C)CC2=C(C1)[C@H]1CC[C@H](O)[C@H]1C2. The topological polar surface area (TPSA) is 20.2 Å². The van der Waals surface area contributed by atoms with Gasteiger partial charge in [0.05, 0.1) is 6.10 Å².